The van der Waals surface area contributed by atoms with Crippen LogP contribution in [0.15, 0.2) is 0 Å². The lowest BCUT2D eigenvalue weighted by Gasteiger charge is -2.19. The fourth-order valence-corrected chi connectivity index (χ4v) is 2.36. The third-order valence-corrected chi connectivity index (χ3v) is 3.60. The van der Waals surface area contributed by atoms with Gasteiger partial charge in [-0.1, -0.05) is 26.7 Å². The first kappa shape index (κ1) is 14.8. The van der Waals surface area contributed by atoms with E-state index in [4.69, 9.17) is 5.11 Å². The minimum absolute atomic E-state index is 0.182. The van der Waals surface area contributed by atoms with Gasteiger partial charge < -0.3 is 15.7 Å². The highest BCUT2D eigenvalue weighted by Crippen LogP contribution is 2.22. The molecule has 0 spiro atoms. The Bertz CT molecular complexity index is 294. The largest absolute Gasteiger partial charge is 0.480 e. The van der Waals surface area contributed by atoms with Crippen LogP contribution in [0.3, 0.4) is 0 Å². The number of rotatable bonds is 4. The summed E-state index contributed by atoms with van der Waals surface area (Å²) in [4.78, 5) is 22.5. The monoisotopic (exact) mass is 256 g/mol. The molecule has 0 aromatic heterocycles. The molecule has 1 rings (SSSR count). The molecule has 0 heterocycles. The number of hydrogen-bond acceptors (Lipinski definition) is 2. The van der Waals surface area contributed by atoms with Crippen LogP contribution < -0.4 is 10.6 Å². The van der Waals surface area contributed by atoms with Gasteiger partial charge in [-0.3, -0.25) is 0 Å². The average Bonchev–Trinajstić information content (AvgIpc) is 2.51. The summed E-state index contributed by atoms with van der Waals surface area (Å²) in [6.45, 7) is 3.98. The maximum absolute atomic E-state index is 11.7. The lowest BCUT2D eigenvalue weighted by atomic mass is 10.0. The van der Waals surface area contributed by atoms with Gasteiger partial charge in [-0.25, -0.2) is 9.59 Å². The van der Waals surface area contributed by atoms with Crippen molar-refractivity contribution in [2.45, 2.75) is 64.5 Å². The molecule has 104 valence electrons. The third-order valence-electron chi connectivity index (χ3n) is 3.60. The molecule has 3 unspecified atom stereocenters. The van der Waals surface area contributed by atoms with Gasteiger partial charge in [-0.05, 0) is 31.6 Å². The van der Waals surface area contributed by atoms with Crippen molar-refractivity contribution >= 4 is 12.0 Å². The smallest absolute Gasteiger partial charge is 0.326 e. The number of carbonyl (C=O) groups excluding carboxylic acids is 1. The van der Waals surface area contributed by atoms with Crippen molar-refractivity contribution < 1.29 is 14.7 Å². The number of urea groups is 1. The normalized spacial score (nSPS) is 25.9. The Hall–Kier alpha value is -1.26. The van der Waals surface area contributed by atoms with Gasteiger partial charge in [-0.15, -0.1) is 0 Å². The van der Waals surface area contributed by atoms with E-state index in [1.807, 2.05) is 0 Å². The standard InChI is InChI=1S/C13H24N2O3/c1-3-11(12(16)17)15-13(18)14-10-6-4-5-9(2)7-8-10/h9-11H,3-8H2,1-2H3,(H,16,17)(H2,14,15,18). The van der Waals surface area contributed by atoms with Crippen molar-refractivity contribution in [1.29, 1.82) is 0 Å². The topological polar surface area (TPSA) is 78.4 Å². The number of carboxylic acids is 1. The van der Waals surface area contributed by atoms with E-state index in [1.165, 1.54) is 6.42 Å². The molecule has 3 atom stereocenters. The maximum atomic E-state index is 11.7. The first-order valence-corrected chi connectivity index (χ1v) is 6.82. The molecule has 0 saturated heterocycles. The summed E-state index contributed by atoms with van der Waals surface area (Å²) in [6, 6.07) is -0.972. The molecule has 18 heavy (non-hydrogen) atoms. The molecule has 2 amide bonds. The lowest BCUT2D eigenvalue weighted by molar-refractivity contribution is -0.139. The molecule has 0 aromatic carbocycles. The third kappa shape index (κ3) is 4.94. The molecule has 1 saturated carbocycles. The van der Waals surface area contributed by atoms with Crippen molar-refractivity contribution in [3.8, 4) is 0 Å². The molecule has 3 N–H and O–H groups in total. The second-order valence-electron chi connectivity index (χ2n) is 5.23. The Kier molecular flexibility index (Phi) is 5.95. The van der Waals surface area contributed by atoms with Gasteiger partial charge in [-0.2, -0.15) is 0 Å². The van der Waals surface area contributed by atoms with Crippen LogP contribution in [0.1, 0.15) is 52.4 Å². The van der Waals surface area contributed by atoms with Gasteiger partial charge in [0.05, 0.1) is 0 Å². The summed E-state index contributed by atoms with van der Waals surface area (Å²) < 4.78 is 0. The van der Waals surface area contributed by atoms with Gasteiger partial charge in [0, 0.05) is 6.04 Å². The van der Waals surface area contributed by atoms with Crippen LogP contribution in [0.2, 0.25) is 0 Å². The highest BCUT2D eigenvalue weighted by Gasteiger charge is 2.21. The van der Waals surface area contributed by atoms with Crippen LogP contribution >= 0.6 is 0 Å². The Morgan fingerprint density at radius 3 is 2.61 bits per heavy atom. The Morgan fingerprint density at radius 1 is 1.28 bits per heavy atom. The summed E-state index contributed by atoms with van der Waals surface area (Å²) in [5.41, 5.74) is 0. The first-order valence-electron chi connectivity index (χ1n) is 6.82. The van der Waals surface area contributed by atoms with Gasteiger partial charge in [0.1, 0.15) is 6.04 Å². The average molecular weight is 256 g/mol. The van der Waals surface area contributed by atoms with Crippen molar-refractivity contribution in [1.82, 2.24) is 10.6 Å². The molecule has 1 fully saturated rings. The summed E-state index contributed by atoms with van der Waals surface area (Å²) in [5, 5.41) is 14.2. The SMILES string of the molecule is CCC(NC(=O)NC1CCCC(C)CC1)C(=O)O. The number of hydrogen-bond donors (Lipinski definition) is 3. The number of amides is 2. The lowest BCUT2D eigenvalue weighted by Crippen LogP contribution is -2.48. The van der Waals surface area contributed by atoms with E-state index in [0.717, 1.165) is 31.6 Å². The predicted octanol–water partition coefficient (Wildman–Crippen LogP) is 2.12. The van der Waals surface area contributed by atoms with E-state index < -0.39 is 12.0 Å². The molecule has 0 bridgehead atoms. The zero-order valence-electron chi connectivity index (χ0n) is 11.2. The van der Waals surface area contributed by atoms with E-state index in [2.05, 4.69) is 17.6 Å². The number of carboxylic acid groups (broad SMARTS) is 1. The fraction of sp³-hybridized carbons (Fsp3) is 0.846. The summed E-state index contributed by atoms with van der Waals surface area (Å²) >= 11 is 0. The van der Waals surface area contributed by atoms with Crippen LogP contribution in [0, 0.1) is 5.92 Å². The second-order valence-corrected chi connectivity index (χ2v) is 5.23. The molecule has 5 heteroatoms. The van der Waals surface area contributed by atoms with Gasteiger partial charge in [0.15, 0.2) is 0 Å². The van der Waals surface area contributed by atoms with Crippen LogP contribution in [0.5, 0.6) is 0 Å². The van der Waals surface area contributed by atoms with Crippen molar-refractivity contribution in [2.24, 2.45) is 5.92 Å². The molecule has 0 aromatic rings. The molecular weight excluding hydrogens is 232 g/mol. The Morgan fingerprint density at radius 2 is 2.00 bits per heavy atom. The van der Waals surface area contributed by atoms with Gasteiger partial charge >= 0.3 is 12.0 Å². The number of nitrogens with one attached hydrogen (secondary N) is 2. The predicted molar refractivity (Wildman–Crippen MR) is 69.4 cm³/mol. The highest BCUT2D eigenvalue weighted by molar-refractivity contribution is 5.82. The van der Waals surface area contributed by atoms with Gasteiger partial charge in [0.25, 0.3) is 0 Å². The van der Waals surface area contributed by atoms with E-state index >= 15 is 0 Å². The summed E-state index contributed by atoms with van der Waals surface area (Å²) in [6.07, 6.45) is 5.83. The summed E-state index contributed by atoms with van der Waals surface area (Å²) in [5.74, 6) is -0.260. The maximum Gasteiger partial charge on any atom is 0.326 e. The second kappa shape index (κ2) is 7.24. The number of aliphatic carboxylic acids is 1. The van der Waals surface area contributed by atoms with Crippen molar-refractivity contribution in [3.63, 3.8) is 0 Å². The molecule has 5 nitrogen and oxygen atoms in total. The minimum Gasteiger partial charge on any atom is -0.480 e. The quantitative estimate of drug-likeness (QED) is 0.674. The molecular formula is C13H24N2O3. The van der Waals surface area contributed by atoms with Crippen molar-refractivity contribution in [3.05, 3.63) is 0 Å². The first-order chi connectivity index (χ1) is 8.52. The van der Waals surface area contributed by atoms with E-state index in [0.29, 0.717) is 6.42 Å². The number of carbonyl (C=O) groups is 2. The summed E-state index contributed by atoms with van der Waals surface area (Å²) in [7, 11) is 0. The zero-order chi connectivity index (χ0) is 13.5. The van der Waals surface area contributed by atoms with Crippen LogP contribution in [0.25, 0.3) is 0 Å². The Labute approximate surface area is 108 Å². The highest BCUT2D eigenvalue weighted by atomic mass is 16.4. The van der Waals surface area contributed by atoms with E-state index in [9.17, 15) is 9.59 Å². The van der Waals surface area contributed by atoms with Crippen molar-refractivity contribution in [2.75, 3.05) is 0 Å². The molecule has 0 aliphatic heterocycles. The zero-order valence-corrected chi connectivity index (χ0v) is 11.2. The molecule has 1 aliphatic carbocycles. The molecule has 0 radical (unpaired) electrons. The van der Waals surface area contributed by atoms with Crippen LogP contribution in [0.4, 0.5) is 4.79 Å². The van der Waals surface area contributed by atoms with E-state index in [-0.39, 0.29) is 12.1 Å². The van der Waals surface area contributed by atoms with E-state index in [1.54, 1.807) is 6.92 Å². The van der Waals surface area contributed by atoms with Crippen LogP contribution in [-0.4, -0.2) is 29.2 Å². The minimum atomic E-state index is -0.984. The molecule has 1 aliphatic rings. The van der Waals surface area contributed by atoms with Crippen LogP contribution in [-0.2, 0) is 4.79 Å². The fourth-order valence-electron chi connectivity index (χ4n) is 2.36. The Balaban J connectivity index is 2.37. The van der Waals surface area contributed by atoms with Gasteiger partial charge in [0.2, 0.25) is 0 Å².